The molecule has 1 nitrogen and oxygen atoms in total. The first-order chi connectivity index (χ1) is 7.16. The van der Waals surface area contributed by atoms with Crippen molar-refractivity contribution in [2.75, 3.05) is 0 Å². The SMILES string of the molecule is Cc1ccc(F)cc1-c1cc(Cl)ccn1. The molecule has 2 rings (SSSR count). The maximum atomic E-state index is 13.1. The van der Waals surface area contributed by atoms with Crippen molar-refractivity contribution in [2.45, 2.75) is 6.92 Å². The van der Waals surface area contributed by atoms with Crippen LogP contribution < -0.4 is 0 Å². The van der Waals surface area contributed by atoms with E-state index in [1.807, 2.05) is 6.92 Å². The predicted octanol–water partition coefficient (Wildman–Crippen LogP) is 3.85. The van der Waals surface area contributed by atoms with Crippen molar-refractivity contribution in [1.82, 2.24) is 4.98 Å². The van der Waals surface area contributed by atoms with Crippen molar-refractivity contribution in [3.05, 3.63) is 52.9 Å². The summed E-state index contributed by atoms with van der Waals surface area (Å²) in [5.41, 5.74) is 2.45. The van der Waals surface area contributed by atoms with E-state index in [1.54, 1.807) is 24.4 Å². The van der Waals surface area contributed by atoms with Crippen LogP contribution in [0, 0.1) is 12.7 Å². The Morgan fingerprint density at radius 1 is 1.20 bits per heavy atom. The van der Waals surface area contributed by atoms with E-state index >= 15 is 0 Å². The molecule has 0 saturated heterocycles. The molecule has 0 unspecified atom stereocenters. The smallest absolute Gasteiger partial charge is 0.123 e. The number of halogens is 2. The molecule has 1 heterocycles. The fourth-order valence-electron chi connectivity index (χ4n) is 1.42. The van der Waals surface area contributed by atoms with Gasteiger partial charge in [0.05, 0.1) is 5.69 Å². The number of aromatic nitrogens is 1. The molecule has 0 spiro atoms. The highest BCUT2D eigenvalue weighted by Gasteiger charge is 2.04. The molecule has 15 heavy (non-hydrogen) atoms. The van der Waals surface area contributed by atoms with Crippen LogP contribution in [0.4, 0.5) is 4.39 Å². The molecular formula is C12H9ClFN. The quantitative estimate of drug-likeness (QED) is 0.713. The summed E-state index contributed by atoms with van der Waals surface area (Å²) < 4.78 is 13.1. The second-order valence-corrected chi connectivity index (χ2v) is 3.75. The second kappa shape index (κ2) is 3.99. The summed E-state index contributed by atoms with van der Waals surface area (Å²) in [5, 5.41) is 0.601. The van der Waals surface area contributed by atoms with Gasteiger partial charge in [0, 0.05) is 16.8 Å². The van der Waals surface area contributed by atoms with Crippen LogP contribution in [0.25, 0.3) is 11.3 Å². The van der Waals surface area contributed by atoms with Crippen molar-refractivity contribution in [3.63, 3.8) is 0 Å². The van der Waals surface area contributed by atoms with E-state index in [0.29, 0.717) is 10.7 Å². The van der Waals surface area contributed by atoms with Crippen LogP contribution in [-0.4, -0.2) is 4.98 Å². The molecule has 0 amide bonds. The van der Waals surface area contributed by atoms with Gasteiger partial charge in [-0.05, 0) is 36.8 Å². The summed E-state index contributed by atoms with van der Waals surface area (Å²) in [6.45, 7) is 1.91. The van der Waals surface area contributed by atoms with Gasteiger partial charge in [0.1, 0.15) is 5.82 Å². The molecule has 76 valence electrons. The number of hydrogen-bond donors (Lipinski definition) is 0. The average Bonchev–Trinajstić information content (AvgIpc) is 2.22. The number of rotatable bonds is 1. The molecule has 0 bridgehead atoms. The number of benzene rings is 1. The molecule has 0 saturated carbocycles. The molecule has 0 N–H and O–H groups in total. The van der Waals surface area contributed by atoms with Crippen LogP contribution in [0.1, 0.15) is 5.56 Å². The Balaban J connectivity index is 2.58. The van der Waals surface area contributed by atoms with Gasteiger partial charge in [-0.3, -0.25) is 4.98 Å². The van der Waals surface area contributed by atoms with Crippen molar-refractivity contribution in [3.8, 4) is 11.3 Å². The summed E-state index contributed by atoms with van der Waals surface area (Å²) in [7, 11) is 0. The van der Waals surface area contributed by atoms with Crippen molar-refractivity contribution in [1.29, 1.82) is 0 Å². The first-order valence-electron chi connectivity index (χ1n) is 4.55. The largest absolute Gasteiger partial charge is 0.256 e. The molecule has 0 atom stereocenters. The van der Waals surface area contributed by atoms with E-state index in [-0.39, 0.29) is 5.82 Å². The fraction of sp³-hybridized carbons (Fsp3) is 0.0833. The van der Waals surface area contributed by atoms with Crippen molar-refractivity contribution >= 4 is 11.6 Å². The van der Waals surface area contributed by atoms with Gasteiger partial charge in [0.25, 0.3) is 0 Å². The molecule has 3 heteroatoms. The molecular weight excluding hydrogens is 213 g/mol. The van der Waals surface area contributed by atoms with Crippen LogP contribution >= 0.6 is 11.6 Å². The van der Waals surface area contributed by atoms with E-state index in [0.717, 1.165) is 11.1 Å². The first-order valence-corrected chi connectivity index (χ1v) is 4.93. The van der Waals surface area contributed by atoms with Crippen molar-refractivity contribution in [2.24, 2.45) is 0 Å². The van der Waals surface area contributed by atoms with Gasteiger partial charge < -0.3 is 0 Å². The zero-order valence-corrected chi connectivity index (χ0v) is 8.92. The third-order valence-electron chi connectivity index (χ3n) is 2.20. The lowest BCUT2D eigenvalue weighted by atomic mass is 10.1. The Morgan fingerprint density at radius 2 is 2.00 bits per heavy atom. The third kappa shape index (κ3) is 2.16. The normalized spacial score (nSPS) is 10.3. The molecule has 1 aromatic heterocycles. The Kier molecular flexibility index (Phi) is 2.69. The molecule has 1 aromatic carbocycles. The average molecular weight is 222 g/mol. The van der Waals surface area contributed by atoms with Crippen LogP contribution in [0.3, 0.4) is 0 Å². The lowest BCUT2D eigenvalue weighted by Gasteiger charge is -2.05. The third-order valence-corrected chi connectivity index (χ3v) is 2.43. The van der Waals surface area contributed by atoms with E-state index in [4.69, 9.17) is 11.6 Å². The van der Waals surface area contributed by atoms with Gasteiger partial charge >= 0.3 is 0 Å². The predicted molar refractivity (Wildman–Crippen MR) is 59.4 cm³/mol. The Bertz CT molecular complexity index is 497. The molecule has 0 aliphatic carbocycles. The van der Waals surface area contributed by atoms with Gasteiger partial charge in [-0.25, -0.2) is 4.39 Å². The Hall–Kier alpha value is -1.41. The van der Waals surface area contributed by atoms with E-state index in [9.17, 15) is 4.39 Å². The zero-order valence-electron chi connectivity index (χ0n) is 8.17. The number of nitrogens with zero attached hydrogens (tertiary/aromatic N) is 1. The highest BCUT2D eigenvalue weighted by molar-refractivity contribution is 6.30. The van der Waals surface area contributed by atoms with Gasteiger partial charge in [0.15, 0.2) is 0 Å². The van der Waals surface area contributed by atoms with Gasteiger partial charge in [-0.2, -0.15) is 0 Å². The summed E-state index contributed by atoms with van der Waals surface area (Å²) >= 11 is 5.85. The Morgan fingerprint density at radius 3 is 2.73 bits per heavy atom. The minimum absolute atomic E-state index is 0.266. The minimum atomic E-state index is -0.266. The number of pyridine rings is 1. The van der Waals surface area contributed by atoms with Crippen LogP contribution in [0.2, 0.25) is 5.02 Å². The maximum Gasteiger partial charge on any atom is 0.123 e. The summed E-state index contributed by atoms with van der Waals surface area (Å²) in [6, 6.07) is 8.05. The highest BCUT2D eigenvalue weighted by Crippen LogP contribution is 2.24. The van der Waals surface area contributed by atoms with Gasteiger partial charge in [0.2, 0.25) is 0 Å². The maximum absolute atomic E-state index is 13.1. The van der Waals surface area contributed by atoms with E-state index in [2.05, 4.69) is 4.98 Å². The molecule has 0 aliphatic heterocycles. The molecule has 0 fully saturated rings. The van der Waals surface area contributed by atoms with Crippen LogP contribution in [-0.2, 0) is 0 Å². The minimum Gasteiger partial charge on any atom is -0.256 e. The first kappa shape index (κ1) is 10.1. The van der Waals surface area contributed by atoms with Crippen molar-refractivity contribution < 1.29 is 4.39 Å². The number of hydrogen-bond acceptors (Lipinski definition) is 1. The van der Waals surface area contributed by atoms with Gasteiger partial charge in [-0.1, -0.05) is 17.7 Å². The molecule has 0 radical (unpaired) electrons. The Labute approximate surface area is 92.5 Å². The van der Waals surface area contributed by atoms with Crippen LogP contribution in [0.5, 0.6) is 0 Å². The highest BCUT2D eigenvalue weighted by atomic mass is 35.5. The van der Waals surface area contributed by atoms with Gasteiger partial charge in [-0.15, -0.1) is 0 Å². The lowest BCUT2D eigenvalue weighted by Crippen LogP contribution is -1.88. The van der Waals surface area contributed by atoms with Crippen LogP contribution in [0.15, 0.2) is 36.5 Å². The monoisotopic (exact) mass is 221 g/mol. The summed E-state index contributed by atoms with van der Waals surface area (Å²) in [6.07, 6.45) is 1.61. The summed E-state index contributed by atoms with van der Waals surface area (Å²) in [4.78, 5) is 4.16. The zero-order chi connectivity index (χ0) is 10.8. The topological polar surface area (TPSA) is 12.9 Å². The van der Waals surface area contributed by atoms with E-state index in [1.165, 1.54) is 12.1 Å². The fourth-order valence-corrected chi connectivity index (χ4v) is 1.58. The second-order valence-electron chi connectivity index (χ2n) is 3.32. The number of aryl methyl sites for hydroxylation is 1. The standard InChI is InChI=1S/C12H9ClFN/c1-8-2-3-10(14)7-11(8)12-6-9(13)4-5-15-12/h2-7H,1H3. The molecule has 0 aliphatic rings. The lowest BCUT2D eigenvalue weighted by molar-refractivity contribution is 0.628. The summed E-state index contributed by atoms with van der Waals surface area (Å²) in [5.74, 6) is -0.266. The molecule has 2 aromatic rings. The van der Waals surface area contributed by atoms with E-state index < -0.39 is 0 Å².